The molecule has 19 heavy (non-hydrogen) atoms. The van der Waals surface area contributed by atoms with Gasteiger partial charge in [0.05, 0.1) is 12.5 Å². The number of hydrogen-bond donors (Lipinski definition) is 1. The summed E-state index contributed by atoms with van der Waals surface area (Å²) < 4.78 is 50.9. The zero-order valence-electron chi connectivity index (χ0n) is 10.3. The fraction of sp³-hybridized carbons (Fsp3) is 0.538. The topological polar surface area (TPSA) is 23.5 Å². The van der Waals surface area contributed by atoms with E-state index in [0.29, 0.717) is 11.3 Å². The molecular weight excluding hydrogens is 262 g/mol. The number of halogens is 4. The van der Waals surface area contributed by atoms with Gasteiger partial charge in [0.15, 0.2) is 0 Å². The van der Waals surface area contributed by atoms with E-state index >= 15 is 0 Å². The Morgan fingerprint density at radius 1 is 1.16 bits per heavy atom. The Balaban J connectivity index is 2.07. The minimum atomic E-state index is -4.15. The molecule has 0 radical (unpaired) electrons. The highest BCUT2D eigenvalue weighted by Crippen LogP contribution is 2.35. The first-order chi connectivity index (χ1) is 8.90. The third-order valence-electron chi connectivity index (χ3n) is 3.45. The first-order valence-electron chi connectivity index (χ1n) is 6.12. The number of aliphatic hydroxyl groups excluding tert-OH is 1. The molecule has 1 aliphatic rings. The van der Waals surface area contributed by atoms with E-state index in [1.807, 2.05) is 0 Å². The van der Waals surface area contributed by atoms with Gasteiger partial charge < -0.3 is 10.0 Å². The summed E-state index contributed by atoms with van der Waals surface area (Å²) in [5.74, 6) is -1.76. The van der Waals surface area contributed by atoms with Crippen LogP contribution in [-0.2, 0) is 6.61 Å². The van der Waals surface area contributed by atoms with Crippen LogP contribution in [0.4, 0.5) is 23.2 Å². The third kappa shape index (κ3) is 3.37. The van der Waals surface area contributed by atoms with Crippen molar-refractivity contribution >= 4 is 5.69 Å². The van der Waals surface area contributed by atoms with Crippen LogP contribution in [0.1, 0.15) is 18.4 Å². The maximum absolute atomic E-state index is 13.3. The van der Waals surface area contributed by atoms with E-state index in [1.165, 1.54) is 12.1 Å². The van der Waals surface area contributed by atoms with E-state index < -0.39 is 17.9 Å². The standard InChI is InChI=1S/C13H15F4NO/c14-11-5-9(8-19)6-12(7-11)18-3-1-10(2-4-18)13(15,16)17/h5-7,10,19H,1-4,8H2. The highest BCUT2D eigenvalue weighted by Gasteiger charge is 2.41. The molecule has 1 aromatic carbocycles. The second kappa shape index (κ2) is 5.36. The second-order valence-corrected chi connectivity index (χ2v) is 4.78. The normalized spacial score (nSPS) is 17.8. The molecule has 106 valence electrons. The van der Waals surface area contributed by atoms with Gasteiger partial charge in [-0.3, -0.25) is 0 Å². The van der Waals surface area contributed by atoms with E-state index in [9.17, 15) is 17.6 Å². The lowest BCUT2D eigenvalue weighted by atomic mass is 9.96. The molecule has 0 aromatic heterocycles. The fourth-order valence-electron chi connectivity index (χ4n) is 2.37. The van der Waals surface area contributed by atoms with Crippen LogP contribution in [-0.4, -0.2) is 24.4 Å². The number of nitrogens with zero attached hydrogens (tertiary/aromatic N) is 1. The lowest BCUT2D eigenvalue weighted by molar-refractivity contribution is -0.179. The summed E-state index contributed by atoms with van der Waals surface area (Å²) >= 11 is 0. The quantitative estimate of drug-likeness (QED) is 0.840. The molecule has 6 heteroatoms. The van der Waals surface area contributed by atoms with Crippen molar-refractivity contribution < 1.29 is 22.7 Å². The van der Waals surface area contributed by atoms with Crippen LogP contribution in [0.2, 0.25) is 0 Å². The Bertz CT molecular complexity index is 439. The van der Waals surface area contributed by atoms with Gasteiger partial charge in [-0.25, -0.2) is 4.39 Å². The van der Waals surface area contributed by atoms with Gasteiger partial charge in [0.25, 0.3) is 0 Å². The molecular formula is C13H15F4NO. The zero-order chi connectivity index (χ0) is 14.0. The van der Waals surface area contributed by atoms with Crippen LogP contribution in [0.3, 0.4) is 0 Å². The van der Waals surface area contributed by atoms with E-state index in [2.05, 4.69) is 0 Å². The molecule has 1 heterocycles. The zero-order valence-corrected chi connectivity index (χ0v) is 10.3. The summed E-state index contributed by atoms with van der Waals surface area (Å²) in [5, 5.41) is 9.00. The van der Waals surface area contributed by atoms with E-state index in [0.717, 1.165) is 0 Å². The van der Waals surface area contributed by atoms with Crippen LogP contribution in [0.5, 0.6) is 0 Å². The number of piperidine rings is 1. The van der Waals surface area contributed by atoms with Crippen LogP contribution < -0.4 is 4.90 Å². The van der Waals surface area contributed by atoms with E-state index in [4.69, 9.17) is 5.11 Å². The van der Waals surface area contributed by atoms with Gasteiger partial charge >= 0.3 is 6.18 Å². The average molecular weight is 277 g/mol. The molecule has 1 aromatic rings. The second-order valence-electron chi connectivity index (χ2n) is 4.78. The van der Waals surface area contributed by atoms with E-state index in [-0.39, 0.29) is 32.5 Å². The molecule has 1 aliphatic heterocycles. The molecule has 0 bridgehead atoms. The SMILES string of the molecule is OCc1cc(F)cc(N2CCC(C(F)(F)F)CC2)c1. The Morgan fingerprint density at radius 2 is 1.79 bits per heavy atom. The van der Waals surface area contributed by atoms with E-state index in [1.54, 1.807) is 11.0 Å². The highest BCUT2D eigenvalue weighted by atomic mass is 19.4. The van der Waals surface area contributed by atoms with Crippen molar-refractivity contribution in [3.05, 3.63) is 29.6 Å². The molecule has 0 saturated carbocycles. The molecule has 1 saturated heterocycles. The van der Waals surface area contributed by atoms with Crippen molar-refractivity contribution in [3.8, 4) is 0 Å². The number of benzene rings is 1. The molecule has 0 unspecified atom stereocenters. The van der Waals surface area contributed by atoms with Gasteiger partial charge in [-0.05, 0) is 36.6 Å². The summed E-state index contributed by atoms with van der Waals surface area (Å²) in [5.41, 5.74) is 0.956. The number of hydrogen-bond acceptors (Lipinski definition) is 2. The first-order valence-corrected chi connectivity index (χ1v) is 6.12. The number of aliphatic hydroxyl groups is 1. The molecule has 1 fully saturated rings. The van der Waals surface area contributed by atoms with Crippen LogP contribution in [0.25, 0.3) is 0 Å². The van der Waals surface area contributed by atoms with Crippen molar-refractivity contribution in [2.45, 2.75) is 25.6 Å². The Hall–Kier alpha value is -1.30. The summed E-state index contributed by atoms with van der Waals surface area (Å²) in [6.07, 6.45) is -4.10. The van der Waals surface area contributed by atoms with Crippen molar-refractivity contribution in [1.29, 1.82) is 0 Å². The molecule has 0 atom stereocenters. The predicted octanol–water partition coefficient (Wildman–Crippen LogP) is 3.10. The first kappa shape index (κ1) is 14.1. The summed E-state index contributed by atoms with van der Waals surface area (Å²) in [7, 11) is 0. The molecule has 2 rings (SSSR count). The molecule has 2 nitrogen and oxygen atoms in total. The van der Waals surface area contributed by atoms with Crippen LogP contribution in [0.15, 0.2) is 18.2 Å². The minimum Gasteiger partial charge on any atom is -0.392 e. The largest absolute Gasteiger partial charge is 0.392 e. The Labute approximate surface area is 108 Å². The molecule has 0 amide bonds. The monoisotopic (exact) mass is 277 g/mol. The van der Waals surface area contributed by atoms with Gasteiger partial charge in [-0.2, -0.15) is 13.2 Å². The molecule has 0 spiro atoms. The molecule has 0 aliphatic carbocycles. The Morgan fingerprint density at radius 3 is 2.32 bits per heavy atom. The lowest BCUT2D eigenvalue weighted by Gasteiger charge is -2.34. The summed E-state index contributed by atoms with van der Waals surface area (Å²) in [6, 6.07) is 4.11. The van der Waals surface area contributed by atoms with Gasteiger partial charge in [0.1, 0.15) is 5.82 Å². The van der Waals surface area contributed by atoms with Gasteiger partial charge in [-0.1, -0.05) is 0 Å². The maximum Gasteiger partial charge on any atom is 0.391 e. The average Bonchev–Trinajstić information content (AvgIpc) is 2.37. The Kier molecular flexibility index (Phi) is 3.99. The number of alkyl halides is 3. The fourth-order valence-corrected chi connectivity index (χ4v) is 2.37. The smallest absolute Gasteiger partial charge is 0.391 e. The highest BCUT2D eigenvalue weighted by molar-refractivity contribution is 5.49. The minimum absolute atomic E-state index is 0.0223. The van der Waals surface area contributed by atoms with Gasteiger partial charge in [0, 0.05) is 18.8 Å². The van der Waals surface area contributed by atoms with Gasteiger partial charge in [0.2, 0.25) is 0 Å². The van der Waals surface area contributed by atoms with Crippen LogP contribution >= 0.6 is 0 Å². The molecule has 1 N–H and O–H groups in total. The lowest BCUT2D eigenvalue weighted by Crippen LogP contribution is -2.39. The van der Waals surface area contributed by atoms with Crippen molar-refractivity contribution in [3.63, 3.8) is 0 Å². The van der Waals surface area contributed by atoms with Crippen LogP contribution in [0, 0.1) is 11.7 Å². The van der Waals surface area contributed by atoms with Gasteiger partial charge in [-0.15, -0.1) is 0 Å². The number of anilines is 1. The predicted molar refractivity (Wildman–Crippen MR) is 63.3 cm³/mol. The van der Waals surface area contributed by atoms with Crippen molar-refractivity contribution in [2.75, 3.05) is 18.0 Å². The van der Waals surface area contributed by atoms with Crippen molar-refractivity contribution in [2.24, 2.45) is 5.92 Å². The third-order valence-corrected chi connectivity index (χ3v) is 3.45. The summed E-state index contributed by atoms with van der Waals surface area (Å²) in [6.45, 7) is 0.209. The maximum atomic E-state index is 13.3. The van der Waals surface area contributed by atoms with Crippen molar-refractivity contribution in [1.82, 2.24) is 0 Å². The summed E-state index contributed by atoms with van der Waals surface area (Å²) in [4.78, 5) is 1.73. The number of rotatable bonds is 2.